The Bertz CT molecular complexity index is 401. The molecule has 3 nitrogen and oxygen atoms in total. The van der Waals surface area contributed by atoms with E-state index < -0.39 is 0 Å². The quantitative estimate of drug-likeness (QED) is 0.840. The first kappa shape index (κ1) is 13.4. The Morgan fingerprint density at radius 2 is 2.17 bits per heavy atom. The third-order valence-electron chi connectivity index (χ3n) is 3.69. The summed E-state index contributed by atoms with van der Waals surface area (Å²) in [4.78, 5) is 2.48. The van der Waals surface area contributed by atoms with Crippen molar-refractivity contribution in [1.82, 2.24) is 4.90 Å². The molecule has 0 amide bonds. The molecule has 0 heterocycles. The highest BCUT2D eigenvalue weighted by molar-refractivity contribution is 5.39. The maximum atomic E-state index is 6.36. The molecule has 1 saturated carbocycles. The third kappa shape index (κ3) is 3.03. The van der Waals surface area contributed by atoms with Gasteiger partial charge in [0.25, 0.3) is 0 Å². The van der Waals surface area contributed by atoms with Crippen molar-refractivity contribution >= 4 is 0 Å². The van der Waals surface area contributed by atoms with Crippen LogP contribution in [0.1, 0.15) is 36.9 Å². The normalized spacial score (nSPS) is 16.9. The molecule has 0 saturated heterocycles. The van der Waals surface area contributed by atoms with Crippen LogP contribution in [0, 0.1) is 6.92 Å². The third-order valence-corrected chi connectivity index (χ3v) is 3.69. The minimum absolute atomic E-state index is 0.0281. The Labute approximate surface area is 110 Å². The Morgan fingerprint density at radius 1 is 1.44 bits per heavy atom. The highest BCUT2D eigenvalue weighted by Gasteiger charge is 2.29. The van der Waals surface area contributed by atoms with E-state index in [9.17, 15) is 0 Å². The van der Waals surface area contributed by atoms with Gasteiger partial charge < -0.3 is 10.5 Å². The van der Waals surface area contributed by atoms with Crippen molar-refractivity contribution in [3.8, 4) is 5.75 Å². The lowest BCUT2D eigenvalue weighted by atomic mass is 10.0. The molecular weight excluding hydrogens is 224 g/mol. The zero-order chi connectivity index (χ0) is 13.1. The summed E-state index contributed by atoms with van der Waals surface area (Å²) in [6.07, 6.45) is 2.65. The number of aryl methyl sites for hydroxylation is 1. The van der Waals surface area contributed by atoms with Crippen LogP contribution in [0.4, 0.5) is 0 Å². The van der Waals surface area contributed by atoms with Gasteiger partial charge in [0, 0.05) is 24.2 Å². The van der Waals surface area contributed by atoms with Crippen LogP contribution in [-0.2, 0) is 0 Å². The zero-order valence-electron chi connectivity index (χ0n) is 11.6. The number of benzene rings is 1. The highest BCUT2D eigenvalue weighted by Crippen LogP contribution is 2.30. The van der Waals surface area contributed by atoms with Crippen LogP contribution in [0.15, 0.2) is 18.2 Å². The second kappa shape index (κ2) is 5.72. The van der Waals surface area contributed by atoms with Gasteiger partial charge in [-0.15, -0.1) is 0 Å². The molecule has 2 rings (SSSR count). The van der Waals surface area contributed by atoms with Crippen LogP contribution in [-0.4, -0.2) is 31.1 Å². The average molecular weight is 248 g/mol. The lowest BCUT2D eigenvalue weighted by Gasteiger charge is -2.25. The van der Waals surface area contributed by atoms with Crippen molar-refractivity contribution in [3.63, 3.8) is 0 Å². The molecular formula is C15H24N2O. The molecule has 0 bridgehead atoms. The van der Waals surface area contributed by atoms with Crippen LogP contribution in [0.25, 0.3) is 0 Å². The number of methoxy groups -OCH3 is 1. The maximum Gasteiger partial charge on any atom is 0.123 e. The molecule has 2 N–H and O–H groups in total. The number of nitrogens with zero attached hydrogens (tertiary/aromatic N) is 1. The van der Waals surface area contributed by atoms with Crippen LogP contribution < -0.4 is 10.5 Å². The zero-order valence-corrected chi connectivity index (χ0v) is 11.6. The lowest BCUT2D eigenvalue weighted by Crippen LogP contribution is -2.34. The largest absolute Gasteiger partial charge is 0.496 e. The summed E-state index contributed by atoms with van der Waals surface area (Å²) in [7, 11) is 1.71. The fraction of sp³-hybridized carbons (Fsp3) is 0.600. The molecule has 0 spiro atoms. The molecule has 0 aromatic heterocycles. The summed E-state index contributed by atoms with van der Waals surface area (Å²) >= 11 is 0. The van der Waals surface area contributed by atoms with Gasteiger partial charge in [0.2, 0.25) is 0 Å². The smallest absolute Gasteiger partial charge is 0.123 e. The number of hydrogen-bond donors (Lipinski definition) is 1. The van der Waals surface area contributed by atoms with Gasteiger partial charge in [-0.2, -0.15) is 0 Å². The van der Waals surface area contributed by atoms with E-state index in [-0.39, 0.29) is 6.04 Å². The van der Waals surface area contributed by atoms with E-state index in [2.05, 4.69) is 30.9 Å². The summed E-state index contributed by atoms with van der Waals surface area (Å²) < 4.78 is 5.41. The standard InChI is InChI=1S/C15H24N2O/c1-4-17(12-6-7-12)10-14(16)13-9-11(2)5-8-15(13)18-3/h5,8-9,12,14H,4,6-7,10,16H2,1-3H3. The average Bonchev–Trinajstić information content (AvgIpc) is 3.19. The summed E-state index contributed by atoms with van der Waals surface area (Å²) in [5, 5.41) is 0. The molecule has 1 aromatic carbocycles. The molecule has 0 aliphatic heterocycles. The Hall–Kier alpha value is -1.06. The summed E-state index contributed by atoms with van der Waals surface area (Å²) in [6, 6.07) is 7.01. The van der Waals surface area contributed by atoms with Gasteiger partial charge in [-0.3, -0.25) is 4.90 Å². The number of likely N-dealkylation sites (N-methyl/N-ethyl adjacent to an activating group) is 1. The fourth-order valence-electron chi connectivity index (χ4n) is 2.47. The Kier molecular flexibility index (Phi) is 4.25. The van der Waals surface area contributed by atoms with Gasteiger partial charge in [0.15, 0.2) is 0 Å². The monoisotopic (exact) mass is 248 g/mol. The first-order valence-electron chi connectivity index (χ1n) is 6.79. The second-order valence-electron chi connectivity index (χ2n) is 5.17. The maximum absolute atomic E-state index is 6.36. The van der Waals surface area contributed by atoms with Gasteiger partial charge in [-0.05, 0) is 32.4 Å². The number of rotatable bonds is 6. The predicted molar refractivity (Wildman–Crippen MR) is 74.9 cm³/mol. The van der Waals surface area contributed by atoms with E-state index in [1.54, 1.807) is 7.11 Å². The van der Waals surface area contributed by atoms with Crippen LogP contribution >= 0.6 is 0 Å². The fourth-order valence-corrected chi connectivity index (χ4v) is 2.47. The van der Waals surface area contributed by atoms with Crippen molar-refractivity contribution in [3.05, 3.63) is 29.3 Å². The minimum Gasteiger partial charge on any atom is -0.496 e. The first-order valence-corrected chi connectivity index (χ1v) is 6.79. The van der Waals surface area contributed by atoms with Crippen LogP contribution in [0.3, 0.4) is 0 Å². The summed E-state index contributed by atoms with van der Waals surface area (Å²) in [6.45, 7) is 6.29. The van der Waals surface area contributed by atoms with Gasteiger partial charge in [-0.1, -0.05) is 24.6 Å². The molecule has 18 heavy (non-hydrogen) atoms. The molecule has 1 unspecified atom stereocenters. The molecule has 1 fully saturated rings. The summed E-state index contributed by atoms with van der Waals surface area (Å²) in [5.41, 5.74) is 8.71. The SMILES string of the molecule is CCN(CC(N)c1cc(C)ccc1OC)C1CC1. The van der Waals surface area contributed by atoms with Crippen molar-refractivity contribution < 1.29 is 4.74 Å². The lowest BCUT2D eigenvalue weighted by molar-refractivity contribution is 0.258. The van der Waals surface area contributed by atoms with Crippen LogP contribution in [0.5, 0.6) is 5.75 Å². The summed E-state index contributed by atoms with van der Waals surface area (Å²) in [5.74, 6) is 0.903. The molecule has 1 atom stereocenters. The second-order valence-corrected chi connectivity index (χ2v) is 5.17. The predicted octanol–water partition coefficient (Wildman–Crippen LogP) is 2.49. The van der Waals surface area contributed by atoms with Crippen molar-refractivity contribution in [2.24, 2.45) is 5.73 Å². The number of nitrogens with two attached hydrogens (primary N) is 1. The van der Waals surface area contributed by atoms with E-state index in [4.69, 9.17) is 10.5 Å². The van der Waals surface area contributed by atoms with E-state index in [1.165, 1.54) is 18.4 Å². The van der Waals surface area contributed by atoms with Crippen LogP contribution in [0.2, 0.25) is 0 Å². The first-order chi connectivity index (χ1) is 8.65. The minimum atomic E-state index is 0.0281. The Morgan fingerprint density at radius 3 is 2.72 bits per heavy atom. The molecule has 1 aromatic rings. The van der Waals surface area contributed by atoms with Gasteiger partial charge in [0.1, 0.15) is 5.75 Å². The number of hydrogen-bond acceptors (Lipinski definition) is 3. The molecule has 3 heteroatoms. The van der Waals surface area contributed by atoms with Gasteiger partial charge in [-0.25, -0.2) is 0 Å². The Balaban J connectivity index is 2.11. The van der Waals surface area contributed by atoms with Gasteiger partial charge in [0.05, 0.1) is 7.11 Å². The van der Waals surface area contributed by atoms with Gasteiger partial charge >= 0.3 is 0 Å². The van der Waals surface area contributed by atoms with E-state index >= 15 is 0 Å². The van der Waals surface area contributed by atoms with Crippen molar-refractivity contribution in [2.45, 2.75) is 38.8 Å². The topological polar surface area (TPSA) is 38.5 Å². The number of ether oxygens (including phenoxy) is 1. The van der Waals surface area contributed by atoms with E-state index in [0.29, 0.717) is 0 Å². The molecule has 1 aliphatic carbocycles. The van der Waals surface area contributed by atoms with Crippen molar-refractivity contribution in [2.75, 3.05) is 20.2 Å². The highest BCUT2D eigenvalue weighted by atomic mass is 16.5. The molecule has 1 aliphatic rings. The van der Waals surface area contributed by atoms with Crippen molar-refractivity contribution in [1.29, 1.82) is 0 Å². The molecule has 100 valence electrons. The van der Waals surface area contributed by atoms with E-state index in [1.807, 2.05) is 6.07 Å². The van der Waals surface area contributed by atoms with E-state index in [0.717, 1.165) is 30.4 Å². The molecule has 0 radical (unpaired) electrons.